The van der Waals surface area contributed by atoms with Crippen LogP contribution in [0.4, 0.5) is 0 Å². The van der Waals surface area contributed by atoms with Gasteiger partial charge in [0.2, 0.25) is 5.28 Å². The molecule has 128 valence electrons. The zero-order chi connectivity index (χ0) is 18.2. The minimum absolute atomic E-state index is 0.264. The molecule has 1 aromatic heterocycles. The normalized spacial score (nSPS) is 11.1. The minimum Gasteiger partial charge on any atom is -0.218 e. The maximum absolute atomic E-state index is 6.17. The van der Waals surface area contributed by atoms with Gasteiger partial charge in [0.1, 0.15) is 0 Å². The van der Waals surface area contributed by atoms with Crippen LogP contribution >= 0.6 is 11.6 Å². The van der Waals surface area contributed by atoms with Crippen LogP contribution < -0.4 is 0 Å². The lowest BCUT2D eigenvalue weighted by Crippen LogP contribution is -1.91. The first kappa shape index (κ1) is 16.0. The molecule has 0 N–H and O–H groups in total. The van der Waals surface area contributed by atoms with Crippen LogP contribution in [0.5, 0.6) is 0 Å². The maximum Gasteiger partial charge on any atom is 0.223 e. The predicted octanol–water partition coefficient (Wildman–Crippen LogP) is 6.77. The van der Waals surface area contributed by atoms with Crippen LogP contribution in [0.15, 0.2) is 91.0 Å². The highest BCUT2D eigenvalue weighted by atomic mass is 35.5. The number of halogens is 1. The molecule has 3 heteroatoms. The Morgan fingerprint density at radius 3 is 2.22 bits per heavy atom. The Morgan fingerprint density at radius 1 is 0.556 bits per heavy atom. The van der Waals surface area contributed by atoms with E-state index >= 15 is 0 Å². The molecular weight excluding hydrogens is 352 g/mol. The van der Waals surface area contributed by atoms with Crippen molar-refractivity contribution in [2.45, 2.75) is 0 Å². The van der Waals surface area contributed by atoms with Gasteiger partial charge in [-0.1, -0.05) is 72.8 Å². The molecule has 0 fully saturated rings. The van der Waals surface area contributed by atoms with E-state index in [2.05, 4.69) is 76.7 Å². The Hall–Kier alpha value is -3.23. The molecule has 0 amide bonds. The van der Waals surface area contributed by atoms with Crippen LogP contribution in [0, 0.1) is 0 Å². The lowest BCUT2D eigenvalue weighted by Gasteiger charge is -2.09. The van der Waals surface area contributed by atoms with Crippen molar-refractivity contribution in [3.05, 3.63) is 96.3 Å². The summed E-state index contributed by atoms with van der Waals surface area (Å²) in [5.74, 6) is 0. The fourth-order valence-corrected chi connectivity index (χ4v) is 3.66. The SMILES string of the molecule is Clc1nc(-c2cccc(-c3ccc4ccccc4c3)c2)c2ccccc2n1. The predicted molar refractivity (Wildman–Crippen MR) is 113 cm³/mol. The lowest BCUT2D eigenvalue weighted by molar-refractivity contribution is 1.22. The van der Waals surface area contributed by atoms with Crippen molar-refractivity contribution in [2.75, 3.05) is 0 Å². The first-order valence-corrected chi connectivity index (χ1v) is 9.18. The van der Waals surface area contributed by atoms with Crippen molar-refractivity contribution in [2.24, 2.45) is 0 Å². The smallest absolute Gasteiger partial charge is 0.218 e. The summed E-state index contributed by atoms with van der Waals surface area (Å²) in [5.41, 5.74) is 5.06. The first-order chi connectivity index (χ1) is 13.3. The van der Waals surface area contributed by atoms with Crippen molar-refractivity contribution in [1.82, 2.24) is 9.97 Å². The Morgan fingerprint density at radius 2 is 1.30 bits per heavy atom. The summed E-state index contributed by atoms with van der Waals surface area (Å²) in [6.07, 6.45) is 0. The maximum atomic E-state index is 6.17. The summed E-state index contributed by atoms with van der Waals surface area (Å²) >= 11 is 6.17. The number of para-hydroxylation sites is 1. The quantitative estimate of drug-likeness (QED) is 0.322. The molecular formula is C24H15ClN2. The van der Waals surface area contributed by atoms with Gasteiger partial charge in [0.15, 0.2) is 0 Å². The molecule has 5 aromatic rings. The van der Waals surface area contributed by atoms with Crippen molar-refractivity contribution >= 4 is 33.3 Å². The van der Waals surface area contributed by atoms with E-state index in [4.69, 9.17) is 11.6 Å². The fourth-order valence-electron chi connectivity index (χ4n) is 3.48. The molecule has 2 nitrogen and oxygen atoms in total. The van der Waals surface area contributed by atoms with Crippen molar-refractivity contribution in [3.8, 4) is 22.4 Å². The number of benzene rings is 4. The molecule has 0 unspecified atom stereocenters. The largest absolute Gasteiger partial charge is 0.223 e. The van der Waals surface area contributed by atoms with E-state index in [1.54, 1.807) is 0 Å². The summed E-state index contributed by atoms with van der Waals surface area (Å²) < 4.78 is 0. The second-order valence-electron chi connectivity index (χ2n) is 6.50. The summed E-state index contributed by atoms with van der Waals surface area (Å²) in [7, 11) is 0. The van der Waals surface area contributed by atoms with Gasteiger partial charge in [-0.15, -0.1) is 0 Å². The monoisotopic (exact) mass is 366 g/mol. The summed E-state index contributed by atoms with van der Waals surface area (Å²) in [6.45, 7) is 0. The van der Waals surface area contributed by atoms with E-state index < -0.39 is 0 Å². The van der Waals surface area contributed by atoms with E-state index in [0.717, 1.165) is 27.7 Å². The second kappa shape index (κ2) is 6.49. The third-order valence-corrected chi connectivity index (χ3v) is 4.96. The number of hydrogen-bond donors (Lipinski definition) is 0. The zero-order valence-electron chi connectivity index (χ0n) is 14.4. The van der Waals surface area contributed by atoms with Crippen LogP contribution in [-0.4, -0.2) is 9.97 Å². The van der Waals surface area contributed by atoms with Crippen LogP contribution in [-0.2, 0) is 0 Å². The Balaban J connectivity index is 1.68. The van der Waals surface area contributed by atoms with Crippen molar-refractivity contribution in [3.63, 3.8) is 0 Å². The molecule has 5 rings (SSSR count). The van der Waals surface area contributed by atoms with Crippen LogP contribution in [0.1, 0.15) is 0 Å². The van der Waals surface area contributed by atoms with Gasteiger partial charge in [-0.2, -0.15) is 0 Å². The summed E-state index contributed by atoms with van der Waals surface area (Å²) in [6, 6.07) is 31.3. The fraction of sp³-hybridized carbons (Fsp3) is 0. The molecule has 0 spiro atoms. The molecule has 0 radical (unpaired) electrons. The third-order valence-electron chi connectivity index (χ3n) is 4.79. The van der Waals surface area contributed by atoms with Gasteiger partial charge in [-0.3, -0.25) is 0 Å². The number of nitrogens with zero attached hydrogens (tertiary/aromatic N) is 2. The molecule has 0 saturated heterocycles. The molecule has 0 bridgehead atoms. The number of rotatable bonds is 2. The van der Waals surface area contributed by atoms with Crippen LogP contribution in [0.25, 0.3) is 44.1 Å². The average Bonchev–Trinajstić information content (AvgIpc) is 2.73. The first-order valence-electron chi connectivity index (χ1n) is 8.80. The Bertz CT molecular complexity index is 1290. The van der Waals surface area contributed by atoms with E-state index in [-0.39, 0.29) is 5.28 Å². The summed E-state index contributed by atoms with van der Waals surface area (Å²) in [5, 5.41) is 3.74. The topological polar surface area (TPSA) is 25.8 Å². The second-order valence-corrected chi connectivity index (χ2v) is 6.84. The number of fused-ring (bicyclic) bond motifs is 2. The molecule has 0 atom stereocenters. The van der Waals surface area contributed by atoms with Gasteiger partial charge >= 0.3 is 0 Å². The highest BCUT2D eigenvalue weighted by Gasteiger charge is 2.10. The van der Waals surface area contributed by atoms with Gasteiger partial charge in [0.05, 0.1) is 11.2 Å². The van der Waals surface area contributed by atoms with E-state index in [0.29, 0.717) is 0 Å². The molecule has 0 saturated carbocycles. The molecule has 0 aliphatic rings. The molecule has 0 aliphatic heterocycles. The van der Waals surface area contributed by atoms with E-state index in [1.165, 1.54) is 16.3 Å². The van der Waals surface area contributed by atoms with Gasteiger partial charge in [0, 0.05) is 10.9 Å². The lowest BCUT2D eigenvalue weighted by atomic mass is 9.98. The van der Waals surface area contributed by atoms with Gasteiger partial charge in [-0.05, 0) is 51.7 Å². The van der Waals surface area contributed by atoms with Gasteiger partial charge in [0.25, 0.3) is 0 Å². The minimum atomic E-state index is 0.264. The van der Waals surface area contributed by atoms with Crippen molar-refractivity contribution in [1.29, 1.82) is 0 Å². The molecule has 0 aliphatic carbocycles. The standard InChI is InChI=1S/C24H15ClN2/c25-24-26-22-11-4-3-10-21(22)23(27-24)20-9-5-8-18(15-20)19-13-12-16-6-1-2-7-17(16)14-19/h1-15H. The van der Waals surface area contributed by atoms with Gasteiger partial charge in [-0.25, -0.2) is 9.97 Å². The third kappa shape index (κ3) is 2.94. The van der Waals surface area contributed by atoms with Crippen LogP contribution in [0.2, 0.25) is 5.28 Å². The number of aromatic nitrogens is 2. The Labute approximate surface area is 162 Å². The summed E-state index contributed by atoms with van der Waals surface area (Å²) in [4.78, 5) is 8.84. The van der Waals surface area contributed by atoms with Crippen molar-refractivity contribution < 1.29 is 0 Å². The van der Waals surface area contributed by atoms with E-state index in [9.17, 15) is 0 Å². The molecule has 27 heavy (non-hydrogen) atoms. The Kier molecular flexibility index (Phi) is 3.84. The van der Waals surface area contributed by atoms with E-state index in [1.807, 2.05) is 24.3 Å². The molecule has 1 heterocycles. The number of hydrogen-bond acceptors (Lipinski definition) is 2. The zero-order valence-corrected chi connectivity index (χ0v) is 15.2. The van der Waals surface area contributed by atoms with Gasteiger partial charge < -0.3 is 0 Å². The van der Waals surface area contributed by atoms with Crippen LogP contribution in [0.3, 0.4) is 0 Å². The molecule has 4 aromatic carbocycles. The highest BCUT2D eigenvalue weighted by Crippen LogP contribution is 2.31. The average molecular weight is 367 g/mol. The highest BCUT2D eigenvalue weighted by molar-refractivity contribution is 6.28.